The molecule has 0 atom stereocenters. The highest BCUT2D eigenvalue weighted by molar-refractivity contribution is 7.19. The molecular formula is C23H22N4O2S. The van der Waals surface area contributed by atoms with Crippen molar-refractivity contribution in [1.29, 1.82) is 0 Å². The van der Waals surface area contributed by atoms with Gasteiger partial charge in [-0.05, 0) is 24.1 Å². The van der Waals surface area contributed by atoms with Crippen LogP contribution in [0.1, 0.15) is 11.1 Å². The van der Waals surface area contributed by atoms with Crippen LogP contribution in [0.4, 0.5) is 5.13 Å². The molecule has 0 saturated carbocycles. The number of ether oxygens (including phenoxy) is 1. The molecule has 0 aliphatic heterocycles. The van der Waals surface area contributed by atoms with E-state index >= 15 is 0 Å². The van der Waals surface area contributed by atoms with Gasteiger partial charge in [-0.1, -0.05) is 53.8 Å². The van der Waals surface area contributed by atoms with E-state index in [9.17, 15) is 4.79 Å². The number of amides is 1. The molecule has 0 fully saturated rings. The van der Waals surface area contributed by atoms with Crippen LogP contribution < -0.4 is 10.1 Å². The second kappa shape index (κ2) is 8.51. The summed E-state index contributed by atoms with van der Waals surface area (Å²) < 4.78 is 7.30. The van der Waals surface area contributed by atoms with Crippen molar-refractivity contribution in [3.63, 3.8) is 0 Å². The summed E-state index contributed by atoms with van der Waals surface area (Å²) in [6.45, 7) is 1.97. The quantitative estimate of drug-likeness (QED) is 0.492. The van der Waals surface area contributed by atoms with E-state index in [0.717, 1.165) is 38.8 Å². The van der Waals surface area contributed by atoms with Crippen molar-refractivity contribution >= 4 is 22.4 Å². The average Bonchev–Trinajstić information content (AvgIpc) is 3.35. The van der Waals surface area contributed by atoms with Crippen LogP contribution in [0.15, 0.2) is 60.9 Å². The van der Waals surface area contributed by atoms with E-state index in [1.54, 1.807) is 13.3 Å². The Morgan fingerprint density at radius 2 is 2.00 bits per heavy atom. The van der Waals surface area contributed by atoms with Crippen LogP contribution in [0.2, 0.25) is 0 Å². The number of carbonyl (C=O) groups is 1. The molecule has 4 aromatic rings. The van der Waals surface area contributed by atoms with E-state index in [-0.39, 0.29) is 12.3 Å². The van der Waals surface area contributed by atoms with E-state index in [0.29, 0.717) is 5.13 Å². The highest BCUT2D eigenvalue weighted by Gasteiger charge is 2.19. The average molecular weight is 419 g/mol. The first-order valence-corrected chi connectivity index (χ1v) is 10.3. The first kappa shape index (κ1) is 19.8. The lowest BCUT2D eigenvalue weighted by Crippen LogP contribution is -2.14. The fourth-order valence-corrected chi connectivity index (χ4v) is 4.27. The minimum absolute atomic E-state index is 0.124. The molecule has 1 amide bonds. The number of aryl methyl sites for hydroxylation is 2. The van der Waals surface area contributed by atoms with Gasteiger partial charge in [0.25, 0.3) is 0 Å². The molecule has 152 valence electrons. The maximum Gasteiger partial charge on any atom is 0.230 e. The lowest BCUT2D eigenvalue weighted by Gasteiger charge is -2.07. The maximum absolute atomic E-state index is 12.7. The molecule has 0 unspecified atom stereocenters. The van der Waals surface area contributed by atoms with Crippen molar-refractivity contribution in [2.75, 3.05) is 12.4 Å². The summed E-state index contributed by atoms with van der Waals surface area (Å²) in [4.78, 5) is 22.8. The summed E-state index contributed by atoms with van der Waals surface area (Å²) in [6, 6.07) is 15.7. The number of nitrogens with zero attached hydrogens (tertiary/aromatic N) is 3. The van der Waals surface area contributed by atoms with Crippen LogP contribution in [0, 0.1) is 6.92 Å². The molecule has 30 heavy (non-hydrogen) atoms. The van der Waals surface area contributed by atoms with Crippen molar-refractivity contribution in [2.24, 2.45) is 7.05 Å². The Morgan fingerprint density at radius 3 is 2.70 bits per heavy atom. The number of rotatable bonds is 6. The van der Waals surface area contributed by atoms with Gasteiger partial charge in [0.2, 0.25) is 5.91 Å². The molecule has 0 saturated heterocycles. The summed E-state index contributed by atoms with van der Waals surface area (Å²) in [5.41, 5.74) is 3.71. The van der Waals surface area contributed by atoms with Crippen LogP contribution in [-0.4, -0.2) is 27.6 Å². The Labute approximate surface area is 179 Å². The summed E-state index contributed by atoms with van der Waals surface area (Å²) in [5, 5.41) is 3.50. The molecule has 2 aromatic carbocycles. The molecule has 0 bridgehead atoms. The Balaban J connectivity index is 1.61. The highest BCUT2D eigenvalue weighted by atomic mass is 32.1. The van der Waals surface area contributed by atoms with Crippen LogP contribution in [-0.2, 0) is 18.3 Å². The molecule has 1 N–H and O–H groups in total. The third-order valence-electron chi connectivity index (χ3n) is 4.78. The monoisotopic (exact) mass is 418 g/mol. The van der Waals surface area contributed by atoms with Crippen molar-refractivity contribution in [2.45, 2.75) is 13.3 Å². The molecular weight excluding hydrogens is 396 g/mol. The number of aromatic nitrogens is 3. The fourth-order valence-electron chi connectivity index (χ4n) is 3.22. The number of methoxy groups -OCH3 is 1. The van der Waals surface area contributed by atoms with E-state index in [1.165, 1.54) is 11.3 Å². The third kappa shape index (κ3) is 4.11. The summed E-state index contributed by atoms with van der Waals surface area (Å²) in [5.74, 6) is 1.47. The Hall–Kier alpha value is -3.45. The number of anilines is 1. The van der Waals surface area contributed by atoms with Gasteiger partial charge < -0.3 is 14.6 Å². The van der Waals surface area contributed by atoms with Gasteiger partial charge in [0.05, 0.1) is 24.1 Å². The maximum atomic E-state index is 12.7. The summed E-state index contributed by atoms with van der Waals surface area (Å²) >= 11 is 1.42. The summed E-state index contributed by atoms with van der Waals surface area (Å²) in [7, 11) is 3.58. The first-order valence-electron chi connectivity index (χ1n) is 9.52. The van der Waals surface area contributed by atoms with Gasteiger partial charge in [-0.2, -0.15) is 0 Å². The number of nitrogens with one attached hydrogen (secondary N) is 1. The standard InChI is InChI=1S/C23H22N4O2S/c1-15-9-10-16(13-18(15)29-3)14-19(28)25-23-26-20(17-7-5-4-6-8-17)21(30-23)22-24-11-12-27(22)2/h4-13H,14H2,1-3H3,(H,25,26,28). The zero-order valence-corrected chi connectivity index (χ0v) is 17.9. The number of imidazole rings is 1. The Morgan fingerprint density at radius 1 is 1.20 bits per heavy atom. The highest BCUT2D eigenvalue weighted by Crippen LogP contribution is 2.38. The minimum Gasteiger partial charge on any atom is -0.496 e. The number of benzene rings is 2. The number of hydrogen-bond donors (Lipinski definition) is 1. The van der Waals surface area contributed by atoms with Crippen LogP contribution in [0.3, 0.4) is 0 Å². The first-order chi connectivity index (χ1) is 14.5. The molecule has 0 spiro atoms. The molecule has 7 heteroatoms. The van der Waals surface area contributed by atoms with Gasteiger partial charge >= 0.3 is 0 Å². The van der Waals surface area contributed by atoms with E-state index < -0.39 is 0 Å². The third-order valence-corrected chi connectivity index (χ3v) is 5.75. The molecule has 0 aliphatic rings. The van der Waals surface area contributed by atoms with Crippen molar-refractivity contribution in [1.82, 2.24) is 14.5 Å². The number of thiazole rings is 1. The van der Waals surface area contributed by atoms with Crippen LogP contribution in [0.25, 0.3) is 22.0 Å². The van der Waals surface area contributed by atoms with Crippen molar-refractivity contribution in [3.05, 3.63) is 72.1 Å². The molecule has 2 aromatic heterocycles. The molecule has 2 heterocycles. The zero-order valence-electron chi connectivity index (χ0n) is 17.0. The van der Waals surface area contributed by atoms with E-state index in [4.69, 9.17) is 9.72 Å². The molecule has 0 aliphatic carbocycles. The SMILES string of the molecule is COc1cc(CC(=O)Nc2nc(-c3ccccc3)c(-c3nccn3C)s2)ccc1C. The lowest BCUT2D eigenvalue weighted by molar-refractivity contribution is -0.115. The zero-order chi connectivity index (χ0) is 21.1. The predicted octanol–water partition coefficient (Wildman–Crippen LogP) is 4.71. The molecule has 4 rings (SSSR count). The number of carbonyl (C=O) groups excluding carboxylic acids is 1. The second-order valence-electron chi connectivity index (χ2n) is 6.95. The molecule has 0 radical (unpaired) electrons. The predicted molar refractivity (Wildman–Crippen MR) is 120 cm³/mol. The Kier molecular flexibility index (Phi) is 5.63. The smallest absolute Gasteiger partial charge is 0.230 e. The fraction of sp³-hybridized carbons (Fsp3) is 0.174. The Bertz CT molecular complexity index is 1180. The normalized spacial score (nSPS) is 10.8. The topological polar surface area (TPSA) is 69.0 Å². The van der Waals surface area contributed by atoms with E-state index in [2.05, 4.69) is 10.3 Å². The van der Waals surface area contributed by atoms with E-state index in [1.807, 2.05) is 73.3 Å². The van der Waals surface area contributed by atoms with Crippen molar-refractivity contribution < 1.29 is 9.53 Å². The largest absolute Gasteiger partial charge is 0.496 e. The van der Waals surface area contributed by atoms with Gasteiger partial charge in [-0.15, -0.1) is 0 Å². The molecule has 6 nitrogen and oxygen atoms in total. The van der Waals surface area contributed by atoms with Gasteiger partial charge in [0, 0.05) is 25.0 Å². The summed E-state index contributed by atoms with van der Waals surface area (Å²) in [6.07, 6.45) is 3.90. The van der Waals surface area contributed by atoms with Gasteiger partial charge in [0.15, 0.2) is 11.0 Å². The van der Waals surface area contributed by atoms with Crippen molar-refractivity contribution in [3.8, 4) is 27.7 Å². The second-order valence-corrected chi connectivity index (χ2v) is 7.95. The van der Waals surface area contributed by atoms with Gasteiger partial charge in [-0.25, -0.2) is 9.97 Å². The van der Waals surface area contributed by atoms with Crippen LogP contribution in [0.5, 0.6) is 5.75 Å². The minimum atomic E-state index is -0.124. The number of hydrogen-bond acceptors (Lipinski definition) is 5. The van der Waals surface area contributed by atoms with Gasteiger partial charge in [0.1, 0.15) is 5.75 Å². The van der Waals surface area contributed by atoms with Gasteiger partial charge in [-0.3, -0.25) is 4.79 Å². The van der Waals surface area contributed by atoms with Crippen LogP contribution >= 0.6 is 11.3 Å². The lowest BCUT2D eigenvalue weighted by atomic mass is 10.1.